The third-order valence-corrected chi connectivity index (χ3v) is 2.89. The first-order valence-electron chi connectivity index (χ1n) is 6.27. The number of hydrogen-bond acceptors (Lipinski definition) is 3. The highest BCUT2D eigenvalue weighted by Gasteiger charge is 2.05. The third kappa shape index (κ3) is 4.53. The minimum Gasteiger partial charge on any atom is -0.493 e. The van der Waals surface area contributed by atoms with Crippen molar-refractivity contribution in [2.75, 3.05) is 20.3 Å². The Balaban J connectivity index is 2.64. The van der Waals surface area contributed by atoms with Gasteiger partial charge in [-0.3, -0.25) is 0 Å². The maximum absolute atomic E-state index is 5.48. The van der Waals surface area contributed by atoms with Crippen molar-refractivity contribution in [3.8, 4) is 11.5 Å². The molecular weight excluding hydrogens is 246 g/mol. The first-order chi connectivity index (χ1) is 8.71. The lowest BCUT2D eigenvalue weighted by atomic mass is 10.1. The number of ether oxygens (including phenoxy) is 2. The predicted octanol–water partition coefficient (Wildman–Crippen LogP) is 2.96. The highest BCUT2D eigenvalue weighted by atomic mass is 32.1. The molecule has 1 aromatic carbocycles. The fourth-order valence-electron chi connectivity index (χ4n) is 1.69. The van der Waals surface area contributed by atoms with E-state index in [1.807, 2.05) is 26.0 Å². The summed E-state index contributed by atoms with van der Waals surface area (Å²) in [5, 5.41) is 3.15. The van der Waals surface area contributed by atoms with Crippen LogP contribution < -0.4 is 14.8 Å². The average Bonchev–Trinajstić information content (AvgIpc) is 2.38. The molecule has 100 valence electrons. The number of methoxy groups -OCH3 is 1. The molecule has 1 rings (SSSR count). The molecule has 0 aliphatic rings. The molecule has 0 radical (unpaired) electrons. The van der Waals surface area contributed by atoms with Gasteiger partial charge in [-0.2, -0.15) is 0 Å². The van der Waals surface area contributed by atoms with Crippen molar-refractivity contribution < 1.29 is 9.47 Å². The van der Waals surface area contributed by atoms with Gasteiger partial charge in [0.05, 0.1) is 18.7 Å². The summed E-state index contributed by atoms with van der Waals surface area (Å²) in [6.45, 7) is 5.53. The summed E-state index contributed by atoms with van der Waals surface area (Å²) in [5.41, 5.74) is 1.20. The number of benzene rings is 1. The standard InChI is InChI=1S/C14H21NO2S/c1-4-15-14(18)9-7-11-6-8-12(17-5-2)13(10-11)16-3/h6,8,10H,4-5,7,9H2,1-3H3,(H,15,18). The van der Waals surface area contributed by atoms with Gasteiger partial charge < -0.3 is 14.8 Å². The van der Waals surface area contributed by atoms with E-state index >= 15 is 0 Å². The van der Waals surface area contributed by atoms with Crippen LogP contribution >= 0.6 is 12.2 Å². The van der Waals surface area contributed by atoms with Crippen molar-refractivity contribution in [1.82, 2.24) is 5.32 Å². The van der Waals surface area contributed by atoms with E-state index in [-0.39, 0.29) is 0 Å². The minimum atomic E-state index is 0.639. The molecule has 18 heavy (non-hydrogen) atoms. The van der Waals surface area contributed by atoms with Crippen LogP contribution in [0, 0.1) is 0 Å². The summed E-state index contributed by atoms with van der Waals surface area (Å²) in [7, 11) is 1.66. The molecule has 4 heteroatoms. The molecular formula is C14H21NO2S. The van der Waals surface area contributed by atoms with Crippen molar-refractivity contribution in [2.24, 2.45) is 0 Å². The summed E-state index contributed by atoms with van der Waals surface area (Å²) in [5.74, 6) is 1.57. The molecule has 0 atom stereocenters. The maximum Gasteiger partial charge on any atom is 0.161 e. The largest absolute Gasteiger partial charge is 0.493 e. The number of nitrogens with one attached hydrogen (secondary N) is 1. The summed E-state index contributed by atoms with van der Waals surface area (Å²) >= 11 is 5.21. The van der Waals surface area contributed by atoms with Gasteiger partial charge in [-0.15, -0.1) is 0 Å². The number of thiocarbonyl (C=S) groups is 1. The van der Waals surface area contributed by atoms with Gasteiger partial charge in [-0.25, -0.2) is 0 Å². The van der Waals surface area contributed by atoms with Crippen LogP contribution in [0.3, 0.4) is 0 Å². The predicted molar refractivity (Wildman–Crippen MR) is 78.8 cm³/mol. The van der Waals surface area contributed by atoms with Crippen LogP contribution in [-0.2, 0) is 6.42 Å². The minimum absolute atomic E-state index is 0.639. The third-order valence-electron chi connectivity index (χ3n) is 2.54. The van der Waals surface area contributed by atoms with Crippen LogP contribution in [0.1, 0.15) is 25.8 Å². The van der Waals surface area contributed by atoms with E-state index in [1.54, 1.807) is 7.11 Å². The molecule has 0 spiro atoms. The molecule has 0 heterocycles. The highest BCUT2D eigenvalue weighted by Crippen LogP contribution is 2.28. The maximum atomic E-state index is 5.48. The molecule has 0 unspecified atom stereocenters. The number of rotatable bonds is 7. The molecule has 3 nitrogen and oxygen atoms in total. The van der Waals surface area contributed by atoms with Crippen LogP contribution in [0.5, 0.6) is 11.5 Å². The zero-order valence-electron chi connectivity index (χ0n) is 11.3. The molecule has 1 N–H and O–H groups in total. The van der Waals surface area contributed by atoms with E-state index in [0.29, 0.717) is 6.61 Å². The van der Waals surface area contributed by atoms with Gasteiger partial charge in [-0.05, 0) is 38.0 Å². The number of hydrogen-bond donors (Lipinski definition) is 1. The van der Waals surface area contributed by atoms with Crippen molar-refractivity contribution >= 4 is 17.2 Å². The van der Waals surface area contributed by atoms with E-state index in [0.717, 1.165) is 35.9 Å². The fourth-order valence-corrected chi connectivity index (χ4v) is 1.93. The smallest absolute Gasteiger partial charge is 0.161 e. The molecule has 0 saturated heterocycles. The van der Waals surface area contributed by atoms with Gasteiger partial charge in [0.1, 0.15) is 0 Å². The van der Waals surface area contributed by atoms with Crippen LogP contribution in [0.2, 0.25) is 0 Å². The lowest BCUT2D eigenvalue weighted by Gasteiger charge is -2.11. The Kier molecular flexibility index (Phi) is 6.50. The Hall–Kier alpha value is -1.29. The van der Waals surface area contributed by atoms with Crippen LogP contribution in [0.4, 0.5) is 0 Å². The summed E-state index contributed by atoms with van der Waals surface area (Å²) in [6, 6.07) is 6.02. The van der Waals surface area contributed by atoms with Crippen molar-refractivity contribution in [2.45, 2.75) is 26.7 Å². The second-order valence-electron chi connectivity index (χ2n) is 3.87. The topological polar surface area (TPSA) is 30.5 Å². The Morgan fingerprint density at radius 1 is 1.28 bits per heavy atom. The summed E-state index contributed by atoms with van der Waals surface area (Å²) in [4.78, 5) is 0.908. The lowest BCUT2D eigenvalue weighted by Crippen LogP contribution is -2.20. The quantitative estimate of drug-likeness (QED) is 0.769. The fraction of sp³-hybridized carbons (Fsp3) is 0.500. The molecule has 0 saturated carbocycles. The van der Waals surface area contributed by atoms with E-state index < -0.39 is 0 Å². The van der Waals surface area contributed by atoms with Crippen molar-refractivity contribution in [3.63, 3.8) is 0 Å². The van der Waals surface area contributed by atoms with E-state index in [4.69, 9.17) is 21.7 Å². The normalized spacial score (nSPS) is 9.94. The monoisotopic (exact) mass is 267 g/mol. The molecule has 0 aliphatic carbocycles. The van der Waals surface area contributed by atoms with E-state index in [2.05, 4.69) is 11.4 Å². The van der Waals surface area contributed by atoms with Crippen LogP contribution in [0.25, 0.3) is 0 Å². The van der Waals surface area contributed by atoms with Crippen molar-refractivity contribution in [1.29, 1.82) is 0 Å². The first kappa shape index (κ1) is 14.8. The van der Waals surface area contributed by atoms with E-state index in [1.165, 1.54) is 5.56 Å². The Labute approximate surface area is 114 Å². The van der Waals surface area contributed by atoms with Gasteiger partial charge in [-0.1, -0.05) is 18.3 Å². The van der Waals surface area contributed by atoms with Gasteiger partial charge in [0.25, 0.3) is 0 Å². The zero-order chi connectivity index (χ0) is 13.4. The number of aryl methyl sites for hydroxylation is 1. The average molecular weight is 267 g/mol. The molecule has 0 bridgehead atoms. The van der Waals surface area contributed by atoms with Crippen LogP contribution in [-0.4, -0.2) is 25.2 Å². The van der Waals surface area contributed by atoms with E-state index in [9.17, 15) is 0 Å². The van der Waals surface area contributed by atoms with Gasteiger partial charge in [0.15, 0.2) is 11.5 Å². The zero-order valence-corrected chi connectivity index (χ0v) is 12.1. The van der Waals surface area contributed by atoms with Gasteiger partial charge in [0.2, 0.25) is 0 Å². The molecule has 0 aromatic heterocycles. The highest BCUT2D eigenvalue weighted by molar-refractivity contribution is 7.80. The Bertz CT molecular complexity index is 393. The first-order valence-corrected chi connectivity index (χ1v) is 6.68. The molecule has 0 amide bonds. The Morgan fingerprint density at radius 2 is 2.06 bits per heavy atom. The summed E-state index contributed by atoms with van der Waals surface area (Å²) in [6.07, 6.45) is 1.77. The second-order valence-corrected chi connectivity index (χ2v) is 4.36. The summed E-state index contributed by atoms with van der Waals surface area (Å²) < 4.78 is 10.8. The van der Waals surface area contributed by atoms with Crippen LogP contribution in [0.15, 0.2) is 18.2 Å². The van der Waals surface area contributed by atoms with Crippen molar-refractivity contribution in [3.05, 3.63) is 23.8 Å². The van der Waals surface area contributed by atoms with Gasteiger partial charge >= 0.3 is 0 Å². The second kappa shape index (κ2) is 7.93. The lowest BCUT2D eigenvalue weighted by molar-refractivity contribution is 0.310. The molecule has 0 aliphatic heterocycles. The molecule has 0 fully saturated rings. The van der Waals surface area contributed by atoms with Gasteiger partial charge in [0, 0.05) is 13.0 Å². The Morgan fingerprint density at radius 3 is 2.67 bits per heavy atom. The molecule has 1 aromatic rings. The SMILES string of the molecule is CCNC(=S)CCc1ccc(OCC)c(OC)c1.